The molecule has 0 saturated heterocycles. The fourth-order valence-corrected chi connectivity index (χ4v) is 2.19. The molecule has 8 heteroatoms. The summed E-state index contributed by atoms with van der Waals surface area (Å²) in [5.41, 5.74) is 0.122. The normalized spacial score (nSPS) is 11.7. The van der Waals surface area contributed by atoms with Gasteiger partial charge in [0.1, 0.15) is 6.04 Å². The molecule has 1 aromatic carbocycles. The number of rotatable bonds is 6. The van der Waals surface area contributed by atoms with Crippen LogP contribution in [-0.2, 0) is 9.59 Å². The summed E-state index contributed by atoms with van der Waals surface area (Å²) in [6.45, 7) is 0. The summed E-state index contributed by atoms with van der Waals surface area (Å²) >= 11 is 9.07. The van der Waals surface area contributed by atoms with Gasteiger partial charge in [0.2, 0.25) is 0 Å². The Kier molecular flexibility index (Phi) is 5.97. The second kappa shape index (κ2) is 7.25. The molecule has 0 aliphatic rings. The van der Waals surface area contributed by atoms with Crippen LogP contribution in [0.5, 0.6) is 0 Å². The molecule has 0 bridgehead atoms. The molecule has 6 nitrogen and oxygen atoms in total. The van der Waals surface area contributed by atoms with Crippen LogP contribution in [-0.4, -0.2) is 34.1 Å². The SMILES string of the molecule is O=C(O)CC[C@@H](NC(=O)c1ccc(Br)cc1Cl)C(=O)O. The predicted molar refractivity (Wildman–Crippen MR) is 74.9 cm³/mol. The summed E-state index contributed by atoms with van der Waals surface area (Å²) in [5.74, 6) is -3.10. The number of benzene rings is 1. The summed E-state index contributed by atoms with van der Waals surface area (Å²) in [4.78, 5) is 33.3. The number of hydrogen-bond donors (Lipinski definition) is 3. The highest BCUT2D eigenvalue weighted by atomic mass is 79.9. The van der Waals surface area contributed by atoms with E-state index in [0.717, 1.165) is 0 Å². The van der Waals surface area contributed by atoms with Crippen LogP contribution in [0.15, 0.2) is 22.7 Å². The number of carbonyl (C=O) groups is 3. The fraction of sp³-hybridized carbons (Fsp3) is 0.250. The van der Waals surface area contributed by atoms with Crippen molar-refractivity contribution in [1.82, 2.24) is 5.32 Å². The van der Waals surface area contributed by atoms with E-state index < -0.39 is 23.9 Å². The number of nitrogens with one attached hydrogen (secondary N) is 1. The van der Waals surface area contributed by atoms with Crippen LogP contribution in [0.25, 0.3) is 0 Å². The van der Waals surface area contributed by atoms with E-state index in [1.807, 2.05) is 0 Å². The predicted octanol–water partition coefficient (Wildman–Crippen LogP) is 2.15. The minimum absolute atomic E-state index is 0.122. The monoisotopic (exact) mass is 363 g/mol. The third-order valence-corrected chi connectivity index (χ3v) is 3.23. The van der Waals surface area contributed by atoms with Gasteiger partial charge in [-0.15, -0.1) is 0 Å². The molecule has 1 rings (SSSR count). The number of amides is 1. The van der Waals surface area contributed by atoms with Crippen LogP contribution < -0.4 is 5.32 Å². The van der Waals surface area contributed by atoms with Gasteiger partial charge < -0.3 is 15.5 Å². The molecule has 1 amide bonds. The number of hydrogen-bond acceptors (Lipinski definition) is 3. The van der Waals surface area contributed by atoms with E-state index in [9.17, 15) is 14.4 Å². The molecule has 0 radical (unpaired) electrons. The Hall–Kier alpha value is -1.60. The third kappa shape index (κ3) is 4.82. The zero-order valence-corrected chi connectivity index (χ0v) is 12.4. The third-order valence-electron chi connectivity index (χ3n) is 2.43. The lowest BCUT2D eigenvalue weighted by Gasteiger charge is -2.14. The Bertz CT molecular complexity index is 549. The van der Waals surface area contributed by atoms with Gasteiger partial charge in [-0.2, -0.15) is 0 Å². The molecule has 0 saturated carbocycles. The first-order chi connectivity index (χ1) is 9.31. The summed E-state index contributed by atoms with van der Waals surface area (Å²) in [6, 6.07) is 3.26. The lowest BCUT2D eigenvalue weighted by Crippen LogP contribution is -2.41. The van der Waals surface area contributed by atoms with Crippen molar-refractivity contribution >= 4 is 45.4 Å². The van der Waals surface area contributed by atoms with Crippen LogP contribution >= 0.6 is 27.5 Å². The van der Waals surface area contributed by atoms with Gasteiger partial charge in [0.25, 0.3) is 5.91 Å². The first-order valence-corrected chi connectivity index (χ1v) is 6.69. The zero-order valence-electron chi connectivity index (χ0n) is 10.1. The standard InChI is InChI=1S/C12H11BrClNO5/c13-6-1-2-7(8(14)5-6)11(18)15-9(12(19)20)3-4-10(16)17/h1-2,5,9H,3-4H2,(H,15,18)(H,16,17)(H,19,20)/t9-/m1/s1. The molecular formula is C12H11BrClNO5. The minimum Gasteiger partial charge on any atom is -0.481 e. The first kappa shape index (κ1) is 16.5. The lowest BCUT2D eigenvalue weighted by molar-refractivity contribution is -0.140. The molecule has 0 unspecified atom stereocenters. The van der Waals surface area contributed by atoms with Crippen molar-refractivity contribution in [3.05, 3.63) is 33.3 Å². The van der Waals surface area contributed by atoms with Crippen molar-refractivity contribution in [2.24, 2.45) is 0 Å². The highest BCUT2D eigenvalue weighted by Crippen LogP contribution is 2.21. The minimum atomic E-state index is -1.30. The molecule has 20 heavy (non-hydrogen) atoms. The van der Waals surface area contributed by atoms with E-state index in [2.05, 4.69) is 21.2 Å². The molecule has 0 aliphatic heterocycles. The Morgan fingerprint density at radius 1 is 1.30 bits per heavy atom. The van der Waals surface area contributed by atoms with Gasteiger partial charge in [-0.3, -0.25) is 9.59 Å². The number of halogens is 2. The van der Waals surface area contributed by atoms with E-state index in [1.165, 1.54) is 12.1 Å². The second-order valence-corrected chi connectivity index (χ2v) is 5.24. The lowest BCUT2D eigenvalue weighted by atomic mass is 10.1. The molecule has 0 aliphatic carbocycles. The quantitative estimate of drug-likeness (QED) is 0.717. The van der Waals surface area contributed by atoms with E-state index in [1.54, 1.807) is 6.07 Å². The van der Waals surface area contributed by atoms with Crippen LogP contribution in [0.4, 0.5) is 0 Å². The van der Waals surface area contributed by atoms with Gasteiger partial charge in [-0.05, 0) is 24.6 Å². The number of carbonyl (C=O) groups excluding carboxylic acids is 1. The summed E-state index contributed by atoms with van der Waals surface area (Å²) in [7, 11) is 0. The number of aliphatic carboxylic acids is 2. The van der Waals surface area contributed by atoms with Crippen LogP contribution in [0.3, 0.4) is 0 Å². The second-order valence-electron chi connectivity index (χ2n) is 3.92. The topological polar surface area (TPSA) is 104 Å². The summed E-state index contributed by atoms with van der Waals surface area (Å²) in [5, 5.41) is 19.9. The Balaban J connectivity index is 2.80. The number of carboxylic acids is 2. The van der Waals surface area contributed by atoms with Crippen molar-refractivity contribution < 1.29 is 24.6 Å². The molecule has 1 aromatic rings. The maximum atomic E-state index is 11.9. The van der Waals surface area contributed by atoms with Crippen molar-refractivity contribution in [3.63, 3.8) is 0 Å². The van der Waals surface area contributed by atoms with Crippen molar-refractivity contribution in [3.8, 4) is 0 Å². The van der Waals surface area contributed by atoms with E-state index in [0.29, 0.717) is 4.47 Å². The van der Waals surface area contributed by atoms with Gasteiger partial charge in [-0.1, -0.05) is 27.5 Å². The molecular weight excluding hydrogens is 353 g/mol. The van der Waals surface area contributed by atoms with Crippen LogP contribution in [0, 0.1) is 0 Å². The summed E-state index contributed by atoms with van der Waals surface area (Å²) < 4.78 is 0.680. The smallest absolute Gasteiger partial charge is 0.326 e. The van der Waals surface area contributed by atoms with E-state index in [-0.39, 0.29) is 23.4 Å². The van der Waals surface area contributed by atoms with Gasteiger partial charge in [-0.25, -0.2) is 4.79 Å². The molecule has 1 atom stereocenters. The molecule has 0 heterocycles. The van der Waals surface area contributed by atoms with Crippen LogP contribution in [0.2, 0.25) is 5.02 Å². The fourth-order valence-electron chi connectivity index (χ4n) is 1.43. The average molecular weight is 365 g/mol. The molecule has 0 spiro atoms. The van der Waals surface area contributed by atoms with E-state index in [4.69, 9.17) is 21.8 Å². The molecule has 0 aromatic heterocycles. The van der Waals surface area contributed by atoms with Gasteiger partial charge in [0, 0.05) is 10.9 Å². The van der Waals surface area contributed by atoms with Gasteiger partial charge in [0.15, 0.2) is 0 Å². The Morgan fingerprint density at radius 3 is 2.45 bits per heavy atom. The Labute approximate surface area is 127 Å². The molecule has 3 N–H and O–H groups in total. The van der Waals surface area contributed by atoms with Crippen molar-refractivity contribution in [2.45, 2.75) is 18.9 Å². The maximum Gasteiger partial charge on any atom is 0.326 e. The van der Waals surface area contributed by atoms with Gasteiger partial charge in [0.05, 0.1) is 10.6 Å². The van der Waals surface area contributed by atoms with Crippen molar-refractivity contribution in [2.75, 3.05) is 0 Å². The van der Waals surface area contributed by atoms with Crippen molar-refractivity contribution in [1.29, 1.82) is 0 Å². The number of carboxylic acid groups (broad SMARTS) is 2. The molecule has 0 fully saturated rings. The maximum absolute atomic E-state index is 11.9. The zero-order chi connectivity index (χ0) is 15.3. The highest BCUT2D eigenvalue weighted by molar-refractivity contribution is 9.10. The first-order valence-electron chi connectivity index (χ1n) is 5.51. The summed E-state index contributed by atoms with van der Waals surface area (Å²) in [6.07, 6.45) is -0.560. The van der Waals surface area contributed by atoms with E-state index >= 15 is 0 Å². The average Bonchev–Trinajstić information content (AvgIpc) is 2.33. The molecule has 108 valence electrons. The van der Waals surface area contributed by atoms with Gasteiger partial charge >= 0.3 is 11.9 Å². The highest BCUT2D eigenvalue weighted by Gasteiger charge is 2.22. The van der Waals surface area contributed by atoms with Crippen LogP contribution in [0.1, 0.15) is 23.2 Å². The Morgan fingerprint density at radius 2 is 1.95 bits per heavy atom. The largest absolute Gasteiger partial charge is 0.481 e.